The summed E-state index contributed by atoms with van der Waals surface area (Å²) in [4.78, 5) is 24.5. The van der Waals surface area contributed by atoms with E-state index < -0.39 is 23.4 Å². The molecule has 0 aromatic heterocycles. The zero-order chi connectivity index (χ0) is 18.5. The molecule has 5 aliphatic rings. The molecule has 5 nitrogen and oxygen atoms in total. The average molecular weight is 362 g/mol. The van der Waals surface area contributed by atoms with Crippen LogP contribution < -0.4 is 0 Å². The second kappa shape index (κ2) is 4.98. The molecular formula is C21H30O5. The molecular weight excluding hydrogens is 332 g/mol. The van der Waals surface area contributed by atoms with E-state index in [0.29, 0.717) is 43.3 Å². The van der Waals surface area contributed by atoms with Crippen LogP contribution >= 0.6 is 0 Å². The molecule has 0 amide bonds. The van der Waals surface area contributed by atoms with E-state index in [1.807, 2.05) is 6.92 Å². The van der Waals surface area contributed by atoms with E-state index in [2.05, 4.69) is 6.92 Å². The summed E-state index contributed by atoms with van der Waals surface area (Å²) in [5, 5.41) is 20.7. The lowest BCUT2D eigenvalue weighted by Gasteiger charge is -2.58. The number of carbonyl (C=O) groups is 2. The molecule has 1 heterocycles. The van der Waals surface area contributed by atoms with E-state index in [4.69, 9.17) is 4.74 Å². The lowest BCUT2D eigenvalue weighted by Crippen LogP contribution is -2.63. The molecule has 4 saturated carbocycles. The maximum Gasteiger partial charge on any atom is 0.190 e. The minimum absolute atomic E-state index is 0.0392. The van der Waals surface area contributed by atoms with E-state index in [1.165, 1.54) is 0 Å². The highest BCUT2D eigenvalue weighted by molar-refractivity contribution is 5.89. The highest BCUT2D eigenvalue weighted by Crippen LogP contribution is 2.76. The minimum Gasteiger partial charge on any atom is -0.388 e. The van der Waals surface area contributed by atoms with Gasteiger partial charge in [-0.25, -0.2) is 0 Å². The number of carbonyl (C=O) groups excluding carboxylic acids is 2. The molecule has 0 aromatic rings. The van der Waals surface area contributed by atoms with Gasteiger partial charge in [-0.05, 0) is 56.3 Å². The summed E-state index contributed by atoms with van der Waals surface area (Å²) in [6.07, 6.45) is 6.36. The zero-order valence-electron chi connectivity index (χ0n) is 15.8. The van der Waals surface area contributed by atoms with Gasteiger partial charge in [-0.1, -0.05) is 13.8 Å². The molecule has 0 bridgehead atoms. The van der Waals surface area contributed by atoms with E-state index in [1.54, 1.807) is 0 Å². The van der Waals surface area contributed by atoms with Crippen LogP contribution in [0.1, 0.15) is 65.2 Å². The van der Waals surface area contributed by atoms with Crippen LogP contribution in [0.3, 0.4) is 0 Å². The van der Waals surface area contributed by atoms with Gasteiger partial charge in [0.1, 0.15) is 23.6 Å². The second-order valence-electron chi connectivity index (χ2n) is 10.1. The topological polar surface area (TPSA) is 87.1 Å². The van der Waals surface area contributed by atoms with Crippen molar-refractivity contribution in [3.63, 3.8) is 0 Å². The Morgan fingerprint density at radius 2 is 1.92 bits per heavy atom. The zero-order valence-corrected chi connectivity index (χ0v) is 15.8. The summed E-state index contributed by atoms with van der Waals surface area (Å²) >= 11 is 0. The lowest BCUT2D eigenvalue weighted by atomic mass is 9.44. The first kappa shape index (κ1) is 17.3. The van der Waals surface area contributed by atoms with Crippen molar-refractivity contribution in [1.29, 1.82) is 0 Å². The molecule has 144 valence electrons. The third kappa shape index (κ3) is 1.70. The first-order valence-electron chi connectivity index (χ1n) is 10.3. The number of aliphatic hydroxyl groups excluding tert-OH is 1. The van der Waals surface area contributed by atoms with Crippen LogP contribution in [0.15, 0.2) is 0 Å². The molecule has 5 rings (SSSR count). The summed E-state index contributed by atoms with van der Waals surface area (Å²) in [5.41, 5.74) is -2.06. The van der Waals surface area contributed by atoms with Crippen molar-refractivity contribution in [1.82, 2.24) is 0 Å². The molecule has 5 fully saturated rings. The molecule has 0 aromatic carbocycles. The van der Waals surface area contributed by atoms with E-state index >= 15 is 0 Å². The Balaban J connectivity index is 1.53. The van der Waals surface area contributed by atoms with Crippen LogP contribution in [0.5, 0.6) is 0 Å². The van der Waals surface area contributed by atoms with Crippen LogP contribution in [-0.2, 0) is 14.3 Å². The van der Waals surface area contributed by atoms with Crippen molar-refractivity contribution >= 4 is 11.6 Å². The molecule has 5 heteroatoms. The van der Waals surface area contributed by atoms with Gasteiger partial charge in [-0.3, -0.25) is 9.59 Å². The Labute approximate surface area is 154 Å². The second-order valence-corrected chi connectivity index (χ2v) is 10.1. The van der Waals surface area contributed by atoms with Gasteiger partial charge in [0.05, 0.1) is 6.10 Å². The first-order valence-corrected chi connectivity index (χ1v) is 10.3. The fourth-order valence-electron chi connectivity index (χ4n) is 8.10. The first-order chi connectivity index (χ1) is 12.2. The number of fused-ring (bicyclic) bond motifs is 3. The Bertz CT molecular complexity index is 690. The lowest BCUT2D eigenvalue weighted by molar-refractivity contribution is -0.165. The number of Topliss-reactive ketones (excluding diaryl/α,β-unsaturated/α-hetero) is 2. The van der Waals surface area contributed by atoms with Crippen molar-refractivity contribution < 1.29 is 24.5 Å². The highest BCUT2D eigenvalue weighted by Gasteiger charge is 2.81. The average Bonchev–Trinajstić information content (AvgIpc) is 3.27. The summed E-state index contributed by atoms with van der Waals surface area (Å²) in [6.45, 7) is 3.78. The largest absolute Gasteiger partial charge is 0.388 e. The number of ether oxygens (including phenoxy) is 1. The number of rotatable bonds is 2. The van der Waals surface area contributed by atoms with E-state index in [-0.39, 0.29) is 23.0 Å². The minimum atomic E-state index is -1.43. The van der Waals surface area contributed by atoms with E-state index in [9.17, 15) is 19.8 Å². The van der Waals surface area contributed by atoms with Crippen molar-refractivity contribution in [2.75, 3.05) is 6.61 Å². The van der Waals surface area contributed by atoms with Gasteiger partial charge in [0.2, 0.25) is 0 Å². The Kier molecular flexibility index (Phi) is 3.32. The predicted octanol–water partition coefficient (Wildman–Crippen LogP) is 2.02. The van der Waals surface area contributed by atoms with Crippen molar-refractivity contribution in [3.8, 4) is 0 Å². The number of epoxide rings is 1. The van der Waals surface area contributed by atoms with Gasteiger partial charge in [0.15, 0.2) is 5.78 Å². The number of ketones is 2. The number of aliphatic hydroxyl groups is 2. The van der Waals surface area contributed by atoms with Crippen LogP contribution in [0, 0.1) is 28.6 Å². The molecule has 1 spiro atoms. The Morgan fingerprint density at radius 3 is 2.65 bits per heavy atom. The summed E-state index contributed by atoms with van der Waals surface area (Å²) in [6, 6.07) is 0. The maximum absolute atomic E-state index is 12.4. The summed E-state index contributed by atoms with van der Waals surface area (Å²) < 4.78 is 6.49. The van der Waals surface area contributed by atoms with Crippen LogP contribution in [0.4, 0.5) is 0 Å². The SMILES string of the molecule is C[C@]12CCC(=O)C[C@@H]1CC[C@H]1[C@@H]3CC[C@](O)(C(=O)CO)[C@@]3(C)CC3OC312. The Hall–Kier alpha value is -0.780. The van der Waals surface area contributed by atoms with Gasteiger partial charge in [-0.2, -0.15) is 0 Å². The van der Waals surface area contributed by atoms with Gasteiger partial charge in [-0.15, -0.1) is 0 Å². The Morgan fingerprint density at radius 1 is 1.15 bits per heavy atom. The quantitative estimate of drug-likeness (QED) is 0.734. The number of hydrogen-bond acceptors (Lipinski definition) is 5. The molecule has 2 N–H and O–H groups in total. The van der Waals surface area contributed by atoms with Crippen molar-refractivity contribution in [2.45, 2.75) is 82.5 Å². The third-order valence-corrected chi connectivity index (χ3v) is 9.61. The number of hydrogen-bond donors (Lipinski definition) is 2. The molecule has 4 aliphatic carbocycles. The smallest absolute Gasteiger partial charge is 0.190 e. The predicted molar refractivity (Wildman–Crippen MR) is 93.3 cm³/mol. The van der Waals surface area contributed by atoms with E-state index in [0.717, 1.165) is 25.7 Å². The standard InChI is InChI=1S/C21H30O5/c1-18-7-5-13(23)9-12(18)3-4-15-14-6-8-20(25,16(24)11-22)19(14,2)10-17-21(15,18)26-17/h12,14-15,17,22,25H,3-11H2,1-2H3/t12-,14-,15-,17?,18-,19-,20-,21?/m0/s1. The molecule has 1 saturated heterocycles. The maximum atomic E-state index is 12.4. The van der Waals surface area contributed by atoms with Gasteiger partial charge >= 0.3 is 0 Å². The molecule has 2 unspecified atom stereocenters. The molecule has 8 atom stereocenters. The van der Waals surface area contributed by atoms with Crippen LogP contribution in [0.2, 0.25) is 0 Å². The van der Waals surface area contributed by atoms with Crippen LogP contribution in [-0.4, -0.2) is 45.7 Å². The third-order valence-electron chi connectivity index (χ3n) is 9.61. The van der Waals surface area contributed by atoms with Gasteiger partial charge < -0.3 is 14.9 Å². The normalized spacial score (nSPS) is 57.6. The molecule has 0 radical (unpaired) electrons. The highest BCUT2D eigenvalue weighted by atomic mass is 16.6. The monoisotopic (exact) mass is 362 g/mol. The van der Waals surface area contributed by atoms with Gasteiger partial charge in [0.25, 0.3) is 0 Å². The van der Waals surface area contributed by atoms with Crippen molar-refractivity contribution in [3.05, 3.63) is 0 Å². The molecule has 26 heavy (non-hydrogen) atoms. The summed E-state index contributed by atoms with van der Waals surface area (Å²) in [7, 11) is 0. The van der Waals surface area contributed by atoms with Gasteiger partial charge in [0, 0.05) is 23.7 Å². The van der Waals surface area contributed by atoms with Crippen molar-refractivity contribution in [2.24, 2.45) is 28.6 Å². The molecule has 1 aliphatic heterocycles. The fraction of sp³-hybridized carbons (Fsp3) is 0.905. The summed E-state index contributed by atoms with van der Waals surface area (Å²) in [5.74, 6) is 0.967. The van der Waals surface area contributed by atoms with Crippen LogP contribution in [0.25, 0.3) is 0 Å². The fourth-order valence-corrected chi connectivity index (χ4v) is 8.10.